The average Bonchev–Trinajstić information content (AvgIpc) is 3.04. The summed E-state index contributed by atoms with van der Waals surface area (Å²) in [5.41, 5.74) is 0.752. The van der Waals surface area contributed by atoms with Gasteiger partial charge < -0.3 is 5.32 Å². The van der Waals surface area contributed by atoms with Crippen LogP contribution in [-0.4, -0.2) is 11.9 Å². The topological polar surface area (TPSA) is 29.1 Å². The lowest BCUT2D eigenvalue weighted by Crippen LogP contribution is -2.34. The van der Waals surface area contributed by atoms with Crippen LogP contribution in [0.1, 0.15) is 30.1 Å². The average molecular weight is 394 g/mol. The highest BCUT2D eigenvalue weighted by Crippen LogP contribution is 2.32. The van der Waals surface area contributed by atoms with Gasteiger partial charge in [0.25, 0.3) is 5.91 Å². The Labute approximate surface area is 117 Å². The van der Waals surface area contributed by atoms with Crippen molar-refractivity contribution in [1.82, 2.24) is 5.32 Å². The standard InChI is InChI=1S/C12H13BrINO/c1-7(8-2-3-8)15-12(16)10-6-9(13)4-5-11(10)14/h4-8H,2-3H2,1H3,(H,15,16)/t7-/m1/s1. The van der Waals surface area contributed by atoms with Gasteiger partial charge in [-0.1, -0.05) is 15.9 Å². The van der Waals surface area contributed by atoms with Crippen LogP contribution in [0.25, 0.3) is 0 Å². The summed E-state index contributed by atoms with van der Waals surface area (Å²) in [7, 11) is 0. The number of rotatable bonds is 3. The molecule has 4 heteroatoms. The number of nitrogens with one attached hydrogen (secondary N) is 1. The van der Waals surface area contributed by atoms with Gasteiger partial charge in [0.05, 0.1) is 5.56 Å². The zero-order valence-corrected chi connectivity index (χ0v) is 12.7. The highest BCUT2D eigenvalue weighted by molar-refractivity contribution is 14.1. The van der Waals surface area contributed by atoms with E-state index in [1.54, 1.807) is 0 Å². The fourth-order valence-corrected chi connectivity index (χ4v) is 2.61. The quantitative estimate of drug-likeness (QED) is 0.781. The van der Waals surface area contributed by atoms with E-state index in [4.69, 9.17) is 0 Å². The van der Waals surface area contributed by atoms with Gasteiger partial charge in [0.15, 0.2) is 0 Å². The molecule has 0 aromatic heterocycles. The van der Waals surface area contributed by atoms with E-state index in [0.29, 0.717) is 12.0 Å². The molecule has 1 aromatic carbocycles. The van der Waals surface area contributed by atoms with E-state index in [0.717, 1.165) is 13.6 Å². The normalized spacial score (nSPS) is 16.9. The van der Waals surface area contributed by atoms with Crippen LogP contribution in [0.3, 0.4) is 0 Å². The summed E-state index contributed by atoms with van der Waals surface area (Å²) < 4.78 is 1.93. The zero-order chi connectivity index (χ0) is 11.7. The largest absolute Gasteiger partial charge is 0.349 e. The van der Waals surface area contributed by atoms with Crippen molar-refractivity contribution in [3.8, 4) is 0 Å². The minimum Gasteiger partial charge on any atom is -0.349 e. The lowest BCUT2D eigenvalue weighted by Gasteiger charge is -2.13. The van der Waals surface area contributed by atoms with Crippen LogP contribution >= 0.6 is 38.5 Å². The maximum atomic E-state index is 12.0. The van der Waals surface area contributed by atoms with Crippen molar-refractivity contribution < 1.29 is 4.79 Å². The number of amides is 1. The summed E-state index contributed by atoms with van der Waals surface area (Å²) >= 11 is 5.58. The maximum Gasteiger partial charge on any atom is 0.252 e. The van der Waals surface area contributed by atoms with Gasteiger partial charge in [-0.3, -0.25) is 4.79 Å². The second-order valence-electron chi connectivity index (χ2n) is 4.22. The molecule has 1 saturated carbocycles. The molecule has 2 nitrogen and oxygen atoms in total. The van der Waals surface area contributed by atoms with Crippen molar-refractivity contribution in [2.24, 2.45) is 5.92 Å². The molecule has 86 valence electrons. The molecular weight excluding hydrogens is 381 g/mol. The molecule has 0 bridgehead atoms. The summed E-state index contributed by atoms with van der Waals surface area (Å²) in [6.45, 7) is 2.08. The summed E-state index contributed by atoms with van der Waals surface area (Å²) in [6.07, 6.45) is 2.49. The van der Waals surface area contributed by atoms with Gasteiger partial charge in [0.2, 0.25) is 0 Å². The van der Waals surface area contributed by atoms with Crippen LogP contribution in [0.2, 0.25) is 0 Å². The predicted molar refractivity (Wildman–Crippen MR) is 76.5 cm³/mol. The fraction of sp³-hybridized carbons (Fsp3) is 0.417. The molecule has 0 saturated heterocycles. The zero-order valence-electron chi connectivity index (χ0n) is 8.97. The predicted octanol–water partition coefficient (Wildman–Crippen LogP) is 3.58. The van der Waals surface area contributed by atoms with E-state index >= 15 is 0 Å². The van der Waals surface area contributed by atoms with Crippen molar-refractivity contribution in [2.45, 2.75) is 25.8 Å². The first-order valence-electron chi connectivity index (χ1n) is 5.34. The van der Waals surface area contributed by atoms with Crippen molar-refractivity contribution >= 4 is 44.4 Å². The number of carbonyl (C=O) groups is 1. The first-order chi connectivity index (χ1) is 7.58. The molecule has 0 spiro atoms. The monoisotopic (exact) mass is 393 g/mol. The number of hydrogen-bond acceptors (Lipinski definition) is 1. The summed E-state index contributed by atoms with van der Waals surface area (Å²) in [4.78, 5) is 12.0. The van der Waals surface area contributed by atoms with Gasteiger partial charge in [-0.2, -0.15) is 0 Å². The van der Waals surface area contributed by atoms with E-state index in [9.17, 15) is 4.79 Å². The minimum absolute atomic E-state index is 0.0325. The van der Waals surface area contributed by atoms with Gasteiger partial charge >= 0.3 is 0 Å². The van der Waals surface area contributed by atoms with E-state index in [1.807, 2.05) is 18.2 Å². The third-order valence-electron chi connectivity index (χ3n) is 2.86. The molecule has 1 N–H and O–H groups in total. The van der Waals surface area contributed by atoms with Crippen LogP contribution in [0.4, 0.5) is 0 Å². The lowest BCUT2D eigenvalue weighted by atomic mass is 10.1. The molecule has 1 aromatic rings. The minimum atomic E-state index is 0.0325. The Balaban J connectivity index is 2.10. The molecule has 1 atom stereocenters. The van der Waals surface area contributed by atoms with E-state index < -0.39 is 0 Å². The van der Waals surface area contributed by atoms with Gasteiger partial charge in [0, 0.05) is 14.1 Å². The van der Waals surface area contributed by atoms with Crippen molar-refractivity contribution in [3.05, 3.63) is 31.8 Å². The molecule has 0 unspecified atom stereocenters. The van der Waals surface area contributed by atoms with Crippen molar-refractivity contribution in [2.75, 3.05) is 0 Å². The molecule has 0 radical (unpaired) electrons. The number of carbonyl (C=O) groups excluding carboxylic acids is 1. The Bertz CT molecular complexity index is 417. The van der Waals surface area contributed by atoms with Crippen LogP contribution in [0.15, 0.2) is 22.7 Å². The summed E-state index contributed by atoms with van der Waals surface area (Å²) in [6, 6.07) is 6.06. The van der Waals surface area contributed by atoms with Crippen LogP contribution in [0.5, 0.6) is 0 Å². The van der Waals surface area contributed by atoms with Gasteiger partial charge in [-0.25, -0.2) is 0 Å². The molecule has 16 heavy (non-hydrogen) atoms. The third-order valence-corrected chi connectivity index (χ3v) is 4.29. The van der Waals surface area contributed by atoms with Crippen molar-refractivity contribution in [3.63, 3.8) is 0 Å². The van der Waals surface area contributed by atoms with Crippen molar-refractivity contribution in [1.29, 1.82) is 0 Å². The molecule has 2 rings (SSSR count). The summed E-state index contributed by atoms with van der Waals surface area (Å²) in [5, 5.41) is 3.06. The van der Waals surface area contributed by atoms with Crippen LogP contribution in [-0.2, 0) is 0 Å². The Morgan fingerprint density at radius 1 is 1.56 bits per heavy atom. The molecule has 1 fully saturated rings. The smallest absolute Gasteiger partial charge is 0.252 e. The number of hydrogen-bond donors (Lipinski definition) is 1. The van der Waals surface area contributed by atoms with Gasteiger partial charge in [-0.15, -0.1) is 0 Å². The summed E-state index contributed by atoms with van der Waals surface area (Å²) in [5.74, 6) is 0.721. The number of halogens is 2. The fourth-order valence-electron chi connectivity index (χ4n) is 1.67. The number of benzene rings is 1. The molecule has 0 heterocycles. The Hall–Kier alpha value is -0.100. The molecule has 1 aliphatic carbocycles. The van der Waals surface area contributed by atoms with E-state index in [2.05, 4.69) is 50.8 Å². The Morgan fingerprint density at radius 2 is 2.25 bits per heavy atom. The van der Waals surface area contributed by atoms with E-state index in [-0.39, 0.29) is 5.91 Å². The highest BCUT2D eigenvalue weighted by Gasteiger charge is 2.29. The lowest BCUT2D eigenvalue weighted by molar-refractivity contribution is 0.0935. The SMILES string of the molecule is C[C@@H](NC(=O)c1cc(Br)ccc1I)C1CC1. The highest BCUT2D eigenvalue weighted by atomic mass is 127. The second kappa shape index (κ2) is 5.04. The Kier molecular flexibility index (Phi) is 3.89. The Morgan fingerprint density at radius 3 is 2.88 bits per heavy atom. The van der Waals surface area contributed by atoms with Gasteiger partial charge in [0.1, 0.15) is 0 Å². The molecule has 1 aliphatic rings. The van der Waals surface area contributed by atoms with Gasteiger partial charge in [-0.05, 0) is 66.5 Å². The molecule has 0 aliphatic heterocycles. The first kappa shape index (κ1) is 12.4. The molecular formula is C12H13BrINO. The molecule has 1 amide bonds. The second-order valence-corrected chi connectivity index (χ2v) is 6.30. The van der Waals surface area contributed by atoms with Crippen LogP contribution < -0.4 is 5.32 Å². The van der Waals surface area contributed by atoms with Crippen LogP contribution in [0, 0.1) is 9.49 Å². The van der Waals surface area contributed by atoms with E-state index in [1.165, 1.54) is 12.8 Å². The third kappa shape index (κ3) is 2.97. The maximum absolute atomic E-state index is 12.0. The first-order valence-corrected chi connectivity index (χ1v) is 7.21.